The molecule has 0 amide bonds. The molecule has 0 bridgehead atoms. The van der Waals surface area contributed by atoms with Gasteiger partial charge in [0.05, 0.1) is 12.1 Å². The van der Waals surface area contributed by atoms with Gasteiger partial charge in [0.15, 0.2) is 6.73 Å². The number of hydrogen-bond donors (Lipinski definition) is 0. The zero-order valence-corrected chi connectivity index (χ0v) is 15.0. The molecule has 3 aromatic rings. The van der Waals surface area contributed by atoms with Gasteiger partial charge < -0.3 is 14.1 Å². The quantitative estimate of drug-likeness (QED) is 0.577. The number of halogens is 1. The minimum Gasteiger partial charge on any atom is -0.473 e. The maximum absolute atomic E-state index is 12.1. The molecule has 1 aliphatic heterocycles. The Labute approximate surface area is 147 Å². The summed E-state index contributed by atoms with van der Waals surface area (Å²) in [6, 6.07) is 12.0. The fourth-order valence-electron chi connectivity index (χ4n) is 3.05. The lowest BCUT2D eigenvalue weighted by molar-refractivity contribution is 0.289. The van der Waals surface area contributed by atoms with Gasteiger partial charge in [-0.05, 0) is 49.7 Å². The van der Waals surface area contributed by atoms with Gasteiger partial charge in [-0.15, -0.1) is 0 Å². The highest BCUT2D eigenvalue weighted by Crippen LogP contribution is 2.35. The van der Waals surface area contributed by atoms with Crippen LogP contribution >= 0.6 is 15.9 Å². The van der Waals surface area contributed by atoms with Gasteiger partial charge in [0.1, 0.15) is 11.3 Å². The largest absolute Gasteiger partial charge is 0.473 e. The highest BCUT2D eigenvalue weighted by atomic mass is 79.9. The first kappa shape index (κ1) is 15.3. The van der Waals surface area contributed by atoms with Crippen molar-refractivity contribution < 1.29 is 9.15 Å². The van der Waals surface area contributed by atoms with Crippen LogP contribution in [0.1, 0.15) is 16.7 Å². The van der Waals surface area contributed by atoms with E-state index in [1.54, 1.807) is 6.92 Å². The van der Waals surface area contributed by atoms with Gasteiger partial charge in [-0.2, -0.15) is 0 Å². The van der Waals surface area contributed by atoms with Crippen molar-refractivity contribution in [1.82, 2.24) is 0 Å². The van der Waals surface area contributed by atoms with Crippen LogP contribution in [0.5, 0.6) is 5.75 Å². The van der Waals surface area contributed by atoms with Crippen molar-refractivity contribution in [3.05, 3.63) is 68.0 Å². The van der Waals surface area contributed by atoms with Gasteiger partial charge in [-0.25, -0.2) is 4.79 Å². The van der Waals surface area contributed by atoms with Gasteiger partial charge in [-0.3, -0.25) is 0 Å². The molecule has 0 fully saturated rings. The molecule has 0 N–H and O–H groups in total. The fourth-order valence-corrected chi connectivity index (χ4v) is 3.44. The molecule has 0 unspecified atom stereocenters. The Morgan fingerprint density at radius 1 is 1.12 bits per heavy atom. The lowest BCUT2D eigenvalue weighted by Gasteiger charge is -2.31. The first-order valence-electron chi connectivity index (χ1n) is 7.74. The number of fused-ring (bicyclic) bond motifs is 3. The molecular weight excluding hydrogens is 370 g/mol. The Bertz CT molecular complexity index is 1010. The summed E-state index contributed by atoms with van der Waals surface area (Å²) in [4.78, 5) is 14.2. The Morgan fingerprint density at radius 2 is 1.96 bits per heavy atom. The molecule has 122 valence electrons. The van der Waals surface area contributed by atoms with E-state index in [-0.39, 0.29) is 5.63 Å². The molecule has 5 heteroatoms. The zero-order chi connectivity index (χ0) is 16.8. The molecule has 0 aliphatic carbocycles. The number of ether oxygens (including phenoxy) is 1. The first-order chi connectivity index (χ1) is 11.5. The molecule has 4 nitrogen and oxygen atoms in total. The second-order valence-corrected chi connectivity index (χ2v) is 6.93. The van der Waals surface area contributed by atoms with Crippen LogP contribution in [0.3, 0.4) is 0 Å². The van der Waals surface area contributed by atoms with Crippen molar-refractivity contribution >= 4 is 32.6 Å². The number of hydrogen-bond acceptors (Lipinski definition) is 4. The number of benzene rings is 2. The normalized spacial score (nSPS) is 13.7. The third-order valence-electron chi connectivity index (χ3n) is 4.58. The van der Waals surface area contributed by atoms with E-state index in [1.807, 2.05) is 43.3 Å². The van der Waals surface area contributed by atoms with E-state index in [0.717, 1.165) is 32.4 Å². The second-order valence-electron chi connectivity index (χ2n) is 6.01. The number of aryl methyl sites for hydroxylation is 1. The van der Waals surface area contributed by atoms with E-state index in [9.17, 15) is 4.79 Å². The Hall–Kier alpha value is -2.27. The van der Waals surface area contributed by atoms with Crippen molar-refractivity contribution in [1.29, 1.82) is 0 Å². The molecule has 2 aromatic carbocycles. The summed E-state index contributed by atoms with van der Waals surface area (Å²) in [5, 5.41) is 0.963. The van der Waals surface area contributed by atoms with Gasteiger partial charge >= 0.3 is 5.63 Å². The van der Waals surface area contributed by atoms with Crippen molar-refractivity contribution in [2.45, 2.75) is 20.4 Å². The molecule has 2 heterocycles. The van der Waals surface area contributed by atoms with E-state index in [2.05, 4.69) is 20.8 Å². The topological polar surface area (TPSA) is 42.7 Å². The molecule has 0 spiro atoms. The summed E-state index contributed by atoms with van der Waals surface area (Å²) in [6.45, 7) is 4.85. The Morgan fingerprint density at radius 3 is 2.75 bits per heavy atom. The molecule has 4 rings (SSSR count). The van der Waals surface area contributed by atoms with Crippen molar-refractivity contribution in [3.8, 4) is 5.75 Å². The van der Waals surface area contributed by atoms with Crippen LogP contribution in [-0.4, -0.2) is 6.73 Å². The summed E-state index contributed by atoms with van der Waals surface area (Å²) in [5.74, 6) is 0.778. The summed E-state index contributed by atoms with van der Waals surface area (Å²) in [5.41, 5.74) is 3.93. The molecule has 1 aliphatic rings. The summed E-state index contributed by atoms with van der Waals surface area (Å²) in [6.07, 6.45) is 0. The maximum Gasteiger partial charge on any atom is 0.339 e. The van der Waals surface area contributed by atoms with E-state index >= 15 is 0 Å². The average molecular weight is 386 g/mol. The maximum atomic E-state index is 12.1. The van der Waals surface area contributed by atoms with Crippen LogP contribution in [0.2, 0.25) is 0 Å². The average Bonchev–Trinajstić information content (AvgIpc) is 2.59. The van der Waals surface area contributed by atoms with E-state index in [4.69, 9.17) is 9.15 Å². The van der Waals surface area contributed by atoms with Crippen LogP contribution in [0.4, 0.5) is 5.69 Å². The summed E-state index contributed by atoms with van der Waals surface area (Å²) < 4.78 is 12.5. The standard InChI is InChI=1S/C19H16BrNO3/c1-11-12(2)19(22)24-18-15(11)6-7-17-16(18)9-21(10-23-17)14-5-3-4-13(20)8-14/h3-8H,9-10H2,1-2H3. The van der Waals surface area contributed by atoms with Crippen molar-refractivity contribution in [3.63, 3.8) is 0 Å². The molecule has 0 radical (unpaired) electrons. The monoisotopic (exact) mass is 385 g/mol. The van der Waals surface area contributed by atoms with Crippen LogP contribution in [0.25, 0.3) is 11.0 Å². The minimum absolute atomic E-state index is 0.284. The van der Waals surface area contributed by atoms with Gasteiger partial charge in [0.2, 0.25) is 0 Å². The molecule has 24 heavy (non-hydrogen) atoms. The van der Waals surface area contributed by atoms with Gasteiger partial charge in [-0.1, -0.05) is 22.0 Å². The summed E-state index contributed by atoms with van der Waals surface area (Å²) in [7, 11) is 0. The van der Waals surface area contributed by atoms with Crippen molar-refractivity contribution in [2.24, 2.45) is 0 Å². The lowest BCUT2D eigenvalue weighted by Crippen LogP contribution is -2.32. The fraction of sp³-hybridized carbons (Fsp3) is 0.211. The smallest absolute Gasteiger partial charge is 0.339 e. The van der Waals surface area contributed by atoms with Gasteiger partial charge in [0, 0.05) is 21.1 Å². The van der Waals surface area contributed by atoms with Crippen LogP contribution < -0.4 is 15.3 Å². The first-order valence-corrected chi connectivity index (χ1v) is 8.53. The van der Waals surface area contributed by atoms with E-state index in [1.165, 1.54) is 0 Å². The van der Waals surface area contributed by atoms with Crippen LogP contribution in [0.15, 0.2) is 50.1 Å². The predicted molar refractivity (Wildman–Crippen MR) is 97.8 cm³/mol. The SMILES string of the molecule is Cc1c(C)c2ccc3c(c2oc1=O)CN(c1cccc(Br)c1)CO3. The number of nitrogens with zero attached hydrogens (tertiary/aromatic N) is 1. The second kappa shape index (κ2) is 5.67. The molecule has 1 aromatic heterocycles. The highest BCUT2D eigenvalue weighted by molar-refractivity contribution is 9.10. The molecular formula is C19H16BrNO3. The van der Waals surface area contributed by atoms with E-state index in [0.29, 0.717) is 24.4 Å². The molecule has 0 atom stereocenters. The van der Waals surface area contributed by atoms with E-state index < -0.39 is 0 Å². The lowest BCUT2D eigenvalue weighted by atomic mass is 10.0. The molecule has 0 saturated heterocycles. The predicted octanol–water partition coefficient (Wildman–Crippen LogP) is 4.53. The minimum atomic E-state index is -0.284. The Kier molecular flexibility index (Phi) is 3.61. The third-order valence-corrected chi connectivity index (χ3v) is 5.08. The summed E-state index contributed by atoms with van der Waals surface area (Å²) >= 11 is 3.50. The highest BCUT2D eigenvalue weighted by Gasteiger charge is 2.23. The van der Waals surface area contributed by atoms with Crippen molar-refractivity contribution in [2.75, 3.05) is 11.6 Å². The van der Waals surface area contributed by atoms with Crippen LogP contribution in [-0.2, 0) is 6.54 Å². The molecule has 0 saturated carbocycles. The number of anilines is 1. The van der Waals surface area contributed by atoms with Gasteiger partial charge in [0.25, 0.3) is 0 Å². The van der Waals surface area contributed by atoms with Crippen LogP contribution in [0, 0.1) is 13.8 Å². The number of rotatable bonds is 1. The zero-order valence-electron chi connectivity index (χ0n) is 13.4. The Balaban J connectivity index is 1.86. The third kappa shape index (κ3) is 2.40.